The second-order valence-corrected chi connectivity index (χ2v) is 5.96. The molecule has 0 amide bonds. The van der Waals surface area contributed by atoms with E-state index in [-0.39, 0.29) is 6.79 Å². The highest BCUT2D eigenvalue weighted by Crippen LogP contribution is 2.41. The fraction of sp³-hybridized carbons (Fsp3) is 0.222. The first-order valence-electron chi connectivity index (χ1n) is 7.72. The van der Waals surface area contributed by atoms with Crippen LogP contribution in [0.3, 0.4) is 0 Å². The molecule has 2 aromatic rings. The lowest BCUT2D eigenvalue weighted by Gasteiger charge is -2.12. The Morgan fingerprint density at radius 1 is 1.24 bits per heavy atom. The van der Waals surface area contributed by atoms with Crippen molar-refractivity contribution in [2.75, 3.05) is 19.2 Å². The first-order chi connectivity index (χ1) is 12.1. The minimum Gasteiger partial charge on any atom is -0.493 e. The molecule has 1 aliphatic heterocycles. The minimum atomic E-state index is 0.189. The molecule has 0 radical (unpaired) electrons. The fourth-order valence-electron chi connectivity index (χ4n) is 2.54. The number of methoxy groups -OCH3 is 1. The van der Waals surface area contributed by atoms with E-state index in [1.54, 1.807) is 13.3 Å². The van der Waals surface area contributed by atoms with Crippen molar-refractivity contribution in [3.8, 4) is 17.2 Å². The van der Waals surface area contributed by atoms with Crippen LogP contribution >= 0.6 is 12.2 Å². The van der Waals surface area contributed by atoms with Crippen LogP contribution in [0.25, 0.3) is 0 Å². The molecule has 0 saturated carbocycles. The van der Waals surface area contributed by atoms with Crippen LogP contribution in [0.15, 0.2) is 35.4 Å². The summed E-state index contributed by atoms with van der Waals surface area (Å²) in [4.78, 5) is 0. The van der Waals surface area contributed by atoms with Gasteiger partial charge in [-0.05, 0) is 49.3 Å². The summed E-state index contributed by atoms with van der Waals surface area (Å²) in [5.74, 6) is 1.85. The monoisotopic (exact) mass is 357 g/mol. The van der Waals surface area contributed by atoms with Gasteiger partial charge in [0.1, 0.15) is 0 Å². The molecule has 6 nitrogen and oxygen atoms in total. The molecule has 25 heavy (non-hydrogen) atoms. The predicted octanol–water partition coefficient (Wildman–Crippen LogP) is 3.36. The average molecular weight is 357 g/mol. The number of rotatable bonds is 4. The van der Waals surface area contributed by atoms with Crippen LogP contribution in [0.1, 0.15) is 16.7 Å². The number of para-hydroxylation sites is 1. The number of aryl methyl sites for hydroxylation is 2. The fourth-order valence-corrected chi connectivity index (χ4v) is 2.70. The minimum absolute atomic E-state index is 0.189. The normalized spacial score (nSPS) is 12.3. The summed E-state index contributed by atoms with van der Waals surface area (Å²) in [6.45, 7) is 4.24. The third-order valence-electron chi connectivity index (χ3n) is 3.78. The first-order valence-corrected chi connectivity index (χ1v) is 8.13. The summed E-state index contributed by atoms with van der Waals surface area (Å²) in [6, 6.07) is 9.72. The number of nitrogens with zero attached hydrogens (tertiary/aromatic N) is 1. The molecule has 0 unspecified atom stereocenters. The number of hydrogen-bond acceptors (Lipinski definition) is 5. The van der Waals surface area contributed by atoms with Crippen LogP contribution in [-0.2, 0) is 0 Å². The zero-order valence-electron chi connectivity index (χ0n) is 14.3. The highest BCUT2D eigenvalue weighted by atomic mass is 32.1. The van der Waals surface area contributed by atoms with Crippen molar-refractivity contribution < 1.29 is 14.2 Å². The van der Waals surface area contributed by atoms with Crippen molar-refractivity contribution in [2.45, 2.75) is 13.8 Å². The van der Waals surface area contributed by atoms with Crippen molar-refractivity contribution in [3.05, 3.63) is 47.0 Å². The Bertz CT molecular complexity index is 816. The largest absolute Gasteiger partial charge is 0.493 e. The summed E-state index contributed by atoms with van der Waals surface area (Å²) in [5.41, 5.74) is 6.85. The summed E-state index contributed by atoms with van der Waals surface area (Å²) in [7, 11) is 1.58. The second kappa shape index (κ2) is 7.40. The lowest BCUT2D eigenvalue weighted by molar-refractivity contribution is 0.171. The Hall–Kier alpha value is -2.80. The smallest absolute Gasteiger partial charge is 0.231 e. The van der Waals surface area contributed by atoms with Crippen LogP contribution in [0.2, 0.25) is 0 Å². The molecule has 0 fully saturated rings. The lowest BCUT2D eigenvalue weighted by atomic mass is 10.1. The van der Waals surface area contributed by atoms with Crippen molar-refractivity contribution >= 4 is 29.2 Å². The van der Waals surface area contributed by atoms with E-state index in [9.17, 15) is 0 Å². The van der Waals surface area contributed by atoms with Gasteiger partial charge in [-0.15, -0.1) is 0 Å². The Balaban J connectivity index is 1.66. The van der Waals surface area contributed by atoms with E-state index in [4.69, 9.17) is 26.4 Å². The first kappa shape index (κ1) is 17.0. The van der Waals surface area contributed by atoms with Gasteiger partial charge in [0, 0.05) is 11.3 Å². The standard InChI is InChI=1S/C18H19N3O3S/c1-11-5-4-6-12(2)16(11)20-18(25)21-19-9-13-7-14(22-3)17-15(8-13)23-10-24-17/h4-9H,10H2,1-3H3,(H2,20,21,25)/b19-9-. The third kappa shape index (κ3) is 3.83. The van der Waals surface area contributed by atoms with Crippen molar-refractivity contribution in [1.29, 1.82) is 0 Å². The highest BCUT2D eigenvalue weighted by Gasteiger charge is 2.19. The predicted molar refractivity (Wildman–Crippen MR) is 102 cm³/mol. The number of fused-ring (bicyclic) bond motifs is 1. The topological polar surface area (TPSA) is 64.1 Å². The SMILES string of the molecule is COc1cc(/C=N\NC(=S)Nc2c(C)cccc2C)cc2c1OCO2. The van der Waals surface area contributed by atoms with E-state index in [1.165, 1.54) is 0 Å². The number of benzene rings is 2. The lowest BCUT2D eigenvalue weighted by Crippen LogP contribution is -2.24. The molecule has 0 atom stereocenters. The summed E-state index contributed by atoms with van der Waals surface area (Å²) in [5, 5.41) is 7.75. The average Bonchev–Trinajstić information content (AvgIpc) is 3.06. The van der Waals surface area contributed by atoms with Crippen molar-refractivity contribution in [3.63, 3.8) is 0 Å². The summed E-state index contributed by atoms with van der Waals surface area (Å²) in [6.07, 6.45) is 1.64. The number of thiocarbonyl (C=S) groups is 1. The van der Waals surface area contributed by atoms with Gasteiger partial charge in [0.15, 0.2) is 16.6 Å². The number of nitrogens with one attached hydrogen (secondary N) is 2. The zero-order chi connectivity index (χ0) is 17.8. The van der Waals surface area contributed by atoms with Gasteiger partial charge in [-0.3, -0.25) is 5.43 Å². The second-order valence-electron chi connectivity index (χ2n) is 5.55. The van der Waals surface area contributed by atoms with Crippen LogP contribution < -0.4 is 25.0 Å². The van der Waals surface area contributed by atoms with Crippen molar-refractivity contribution in [2.24, 2.45) is 5.10 Å². The molecule has 2 aromatic carbocycles. The Morgan fingerprint density at radius 3 is 2.72 bits per heavy atom. The van der Waals surface area contributed by atoms with Crippen LogP contribution in [0, 0.1) is 13.8 Å². The van der Waals surface area contributed by atoms with E-state index < -0.39 is 0 Å². The molecular weight excluding hydrogens is 338 g/mol. The Labute approximate surface area is 151 Å². The van der Waals surface area contributed by atoms with E-state index in [1.807, 2.05) is 44.2 Å². The number of hydrogen-bond donors (Lipinski definition) is 2. The highest BCUT2D eigenvalue weighted by molar-refractivity contribution is 7.80. The molecule has 3 rings (SSSR count). The van der Waals surface area contributed by atoms with E-state index in [0.29, 0.717) is 22.4 Å². The van der Waals surface area contributed by atoms with Crippen LogP contribution in [0.5, 0.6) is 17.2 Å². The maximum Gasteiger partial charge on any atom is 0.231 e. The maximum absolute atomic E-state index is 5.39. The quantitative estimate of drug-likeness (QED) is 0.497. The molecule has 2 N–H and O–H groups in total. The van der Waals surface area contributed by atoms with E-state index >= 15 is 0 Å². The molecule has 0 aromatic heterocycles. The summed E-state index contributed by atoms with van der Waals surface area (Å²) < 4.78 is 16.1. The number of hydrazone groups is 1. The molecule has 1 aliphatic rings. The van der Waals surface area contributed by atoms with Gasteiger partial charge >= 0.3 is 0 Å². The van der Waals surface area contributed by atoms with Gasteiger partial charge in [-0.2, -0.15) is 5.10 Å². The number of ether oxygens (including phenoxy) is 3. The molecule has 0 aliphatic carbocycles. The molecule has 0 spiro atoms. The van der Waals surface area contributed by atoms with Crippen LogP contribution in [0.4, 0.5) is 5.69 Å². The zero-order valence-corrected chi connectivity index (χ0v) is 15.1. The van der Waals surface area contributed by atoms with Gasteiger partial charge in [-0.25, -0.2) is 0 Å². The molecule has 0 saturated heterocycles. The van der Waals surface area contributed by atoms with Gasteiger partial charge in [0.25, 0.3) is 0 Å². The van der Waals surface area contributed by atoms with Crippen molar-refractivity contribution in [1.82, 2.24) is 5.43 Å². The molecule has 7 heteroatoms. The van der Waals surface area contributed by atoms with Gasteiger partial charge in [0.05, 0.1) is 13.3 Å². The van der Waals surface area contributed by atoms with Crippen LogP contribution in [-0.4, -0.2) is 25.2 Å². The Morgan fingerprint density at radius 2 is 2.00 bits per heavy atom. The van der Waals surface area contributed by atoms with E-state index in [0.717, 1.165) is 22.4 Å². The maximum atomic E-state index is 5.39. The molecule has 130 valence electrons. The van der Waals surface area contributed by atoms with E-state index in [2.05, 4.69) is 15.8 Å². The van der Waals surface area contributed by atoms with Gasteiger partial charge < -0.3 is 19.5 Å². The van der Waals surface area contributed by atoms with Gasteiger partial charge in [0.2, 0.25) is 12.5 Å². The van der Waals surface area contributed by atoms with Gasteiger partial charge in [-0.1, -0.05) is 18.2 Å². The molecule has 0 bridgehead atoms. The molecular formula is C18H19N3O3S. The summed E-state index contributed by atoms with van der Waals surface area (Å²) >= 11 is 5.29. The molecule has 1 heterocycles. The third-order valence-corrected chi connectivity index (χ3v) is 3.97. The Kier molecular flexibility index (Phi) is 5.04. The number of anilines is 1.